The fourth-order valence-electron chi connectivity index (χ4n) is 4.92. The fourth-order valence-corrected chi connectivity index (χ4v) is 4.92. The van der Waals surface area contributed by atoms with Crippen molar-refractivity contribution in [3.05, 3.63) is 0 Å². The van der Waals surface area contributed by atoms with Crippen LogP contribution in [0.4, 0.5) is 4.79 Å². The number of carbonyl (C=O) groups excluding carboxylic acids is 2. The summed E-state index contributed by atoms with van der Waals surface area (Å²) in [5.74, 6) is 0.562. The van der Waals surface area contributed by atoms with E-state index in [9.17, 15) is 9.59 Å². The van der Waals surface area contributed by atoms with Gasteiger partial charge < -0.3 is 19.1 Å². The first kappa shape index (κ1) is 33.7. The van der Waals surface area contributed by atoms with Crippen LogP contribution in [-0.2, 0) is 19.0 Å². The SMILES string of the molecule is CCCCCCCCCCCCC(CCCOC(=O)CCCCC(C)C)OC(=O)OC1CCN(C)CC1. The Morgan fingerprint density at radius 2 is 1.35 bits per heavy atom. The predicted octanol–water partition coefficient (Wildman–Crippen LogP) is 8.45. The molecule has 0 aromatic rings. The molecule has 0 aromatic carbocycles. The van der Waals surface area contributed by atoms with Gasteiger partial charge in [0.25, 0.3) is 0 Å². The first-order valence-corrected chi connectivity index (χ1v) is 15.6. The highest BCUT2D eigenvalue weighted by Gasteiger charge is 2.23. The van der Waals surface area contributed by atoms with Gasteiger partial charge in [0.1, 0.15) is 12.2 Å². The van der Waals surface area contributed by atoms with Crippen molar-refractivity contribution < 1.29 is 23.8 Å². The zero-order chi connectivity index (χ0) is 27.1. The second-order valence-corrected chi connectivity index (χ2v) is 11.6. The highest BCUT2D eigenvalue weighted by Crippen LogP contribution is 2.18. The first-order chi connectivity index (χ1) is 17.9. The van der Waals surface area contributed by atoms with Crippen molar-refractivity contribution in [1.29, 1.82) is 0 Å². The van der Waals surface area contributed by atoms with E-state index in [1.165, 1.54) is 57.8 Å². The maximum Gasteiger partial charge on any atom is 0.508 e. The van der Waals surface area contributed by atoms with Crippen LogP contribution < -0.4 is 0 Å². The molecular weight excluding hydrogens is 466 g/mol. The summed E-state index contributed by atoms with van der Waals surface area (Å²) in [6.45, 7) is 8.95. The monoisotopic (exact) mass is 525 g/mol. The van der Waals surface area contributed by atoms with Crippen LogP contribution in [0.1, 0.15) is 143 Å². The van der Waals surface area contributed by atoms with Crippen LogP contribution in [0, 0.1) is 5.92 Å². The number of ether oxygens (including phenoxy) is 3. The lowest BCUT2D eigenvalue weighted by Gasteiger charge is -2.28. The van der Waals surface area contributed by atoms with Crippen molar-refractivity contribution in [3.63, 3.8) is 0 Å². The minimum absolute atomic E-state index is 0.0432. The van der Waals surface area contributed by atoms with Gasteiger partial charge in [-0.3, -0.25) is 4.79 Å². The molecule has 1 aliphatic rings. The Bertz CT molecular complexity index is 560. The van der Waals surface area contributed by atoms with E-state index >= 15 is 0 Å². The normalized spacial score (nSPS) is 15.6. The van der Waals surface area contributed by atoms with Crippen molar-refractivity contribution in [3.8, 4) is 0 Å². The molecule has 0 bridgehead atoms. The van der Waals surface area contributed by atoms with Crippen LogP contribution in [-0.4, -0.2) is 56.0 Å². The number of hydrogen-bond donors (Lipinski definition) is 0. The Kier molecular flexibility index (Phi) is 20.7. The number of carbonyl (C=O) groups is 2. The minimum Gasteiger partial charge on any atom is -0.466 e. The van der Waals surface area contributed by atoms with Gasteiger partial charge in [-0.15, -0.1) is 0 Å². The molecule has 0 aliphatic carbocycles. The number of nitrogens with zero attached hydrogens (tertiary/aromatic N) is 1. The van der Waals surface area contributed by atoms with Crippen LogP contribution in [0.3, 0.4) is 0 Å². The molecule has 6 heteroatoms. The number of piperidine rings is 1. The van der Waals surface area contributed by atoms with E-state index in [1.54, 1.807) is 0 Å². The first-order valence-electron chi connectivity index (χ1n) is 15.6. The molecule has 0 spiro atoms. The van der Waals surface area contributed by atoms with E-state index in [2.05, 4.69) is 32.7 Å². The molecule has 1 unspecified atom stereocenters. The molecule has 0 saturated carbocycles. The highest BCUT2D eigenvalue weighted by atomic mass is 16.7. The molecule has 0 amide bonds. The van der Waals surface area contributed by atoms with E-state index in [0.29, 0.717) is 31.8 Å². The second kappa shape index (κ2) is 22.7. The topological polar surface area (TPSA) is 65.1 Å². The summed E-state index contributed by atoms with van der Waals surface area (Å²) in [7, 11) is 2.09. The summed E-state index contributed by atoms with van der Waals surface area (Å²) in [6, 6.07) is 0. The summed E-state index contributed by atoms with van der Waals surface area (Å²) in [6.07, 6.45) is 19.7. The molecule has 0 radical (unpaired) electrons. The van der Waals surface area contributed by atoms with E-state index in [1.807, 2.05) is 0 Å². The number of hydrogen-bond acceptors (Lipinski definition) is 6. The fraction of sp³-hybridized carbons (Fsp3) is 0.935. The van der Waals surface area contributed by atoms with Gasteiger partial charge in [0.2, 0.25) is 0 Å². The Labute approximate surface area is 228 Å². The van der Waals surface area contributed by atoms with Crippen LogP contribution in [0.15, 0.2) is 0 Å². The molecule has 1 saturated heterocycles. The van der Waals surface area contributed by atoms with Gasteiger partial charge in [-0.25, -0.2) is 4.79 Å². The van der Waals surface area contributed by atoms with Crippen molar-refractivity contribution >= 4 is 12.1 Å². The predicted molar refractivity (Wildman–Crippen MR) is 152 cm³/mol. The third-order valence-corrected chi connectivity index (χ3v) is 7.42. The van der Waals surface area contributed by atoms with Gasteiger partial charge in [0.15, 0.2) is 0 Å². The Balaban J connectivity index is 2.28. The lowest BCUT2D eigenvalue weighted by molar-refractivity contribution is -0.144. The van der Waals surface area contributed by atoms with Gasteiger partial charge in [-0.2, -0.15) is 0 Å². The molecule has 6 nitrogen and oxygen atoms in total. The van der Waals surface area contributed by atoms with Crippen LogP contribution >= 0.6 is 0 Å². The number of esters is 1. The summed E-state index contributed by atoms with van der Waals surface area (Å²) in [5.41, 5.74) is 0. The van der Waals surface area contributed by atoms with E-state index in [4.69, 9.17) is 14.2 Å². The van der Waals surface area contributed by atoms with Gasteiger partial charge >= 0.3 is 12.1 Å². The van der Waals surface area contributed by atoms with Crippen LogP contribution in [0.25, 0.3) is 0 Å². The van der Waals surface area contributed by atoms with Crippen molar-refractivity contribution in [1.82, 2.24) is 4.90 Å². The van der Waals surface area contributed by atoms with E-state index in [-0.39, 0.29) is 18.2 Å². The summed E-state index contributed by atoms with van der Waals surface area (Å²) >= 11 is 0. The van der Waals surface area contributed by atoms with Gasteiger partial charge in [-0.1, -0.05) is 91.4 Å². The maximum absolute atomic E-state index is 12.5. The van der Waals surface area contributed by atoms with Gasteiger partial charge in [0.05, 0.1) is 6.61 Å². The summed E-state index contributed by atoms with van der Waals surface area (Å²) in [4.78, 5) is 26.7. The third-order valence-electron chi connectivity index (χ3n) is 7.42. The van der Waals surface area contributed by atoms with Crippen LogP contribution in [0.2, 0.25) is 0 Å². The van der Waals surface area contributed by atoms with Crippen molar-refractivity contribution in [2.24, 2.45) is 5.92 Å². The van der Waals surface area contributed by atoms with Gasteiger partial charge in [0, 0.05) is 19.5 Å². The molecule has 0 N–H and O–H groups in total. The molecule has 1 heterocycles. The Morgan fingerprint density at radius 3 is 1.97 bits per heavy atom. The smallest absolute Gasteiger partial charge is 0.466 e. The van der Waals surface area contributed by atoms with Crippen molar-refractivity contribution in [2.45, 2.75) is 155 Å². The van der Waals surface area contributed by atoms with Crippen molar-refractivity contribution in [2.75, 3.05) is 26.7 Å². The average Bonchev–Trinajstić information content (AvgIpc) is 2.86. The molecule has 37 heavy (non-hydrogen) atoms. The molecule has 1 rings (SSSR count). The molecule has 1 aliphatic heterocycles. The number of likely N-dealkylation sites (tertiary alicyclic amines) is 1. The Hall–Kier alpha value is -1.30. The lowest BCUT2D eigenvalue weighted by Crippen LogP contribution is -2.36. The zero-order valence-electron chi connectivity index (χ0n) is 24.8. The number of unbranched alkanes of at least 4 members (excludes halogenated alkanes) is 10. The molecule has 218 valence electrons. The molecule has 0 aromatic heterocycles. The third kappa shape index (κ3) is 20.4. The largest absolute Gasteiger partial charge is 0.508 e. The van der Waals surface area contributed by atoms with E-state index < -0.39 is 6.16 Å². The van der Waals surface area contributed by atoms with E-state index in [0.717, 1.165) is 58.0 Å². The molecular formula is C31H59NO5. The lowest BCUT2D eigenvalue weighted by atomic mass is 10.0. The number of rotatable bonds is 22. The minimum atomic E-state index is -0.534. The second-order valence-electron chi connectivity index (χ2n) is 11.6. The standard InChI is InChI=1S/C31H59NO5/c1-5-6-7-8-9-10-11-12-13-14-19-28(36-31(34)37-29-22-24-32(4)25-23-29)20-17-26-35-30(33)21-16-15-18-27(2)3/h27-29H,5-26H2,1-4H3. The highest BCUT2D eigenvalue weighted by molar-refractivity contribution is 5.69. The van der Waals surface area contributed by atoms with Crippen LogP contribution in [0.5, 0.6) is 0 Å². The summed E-state index contributed by atoms with van der Waals surface area (Å²) < 4.78 is 16.8. The van der Waals surface area contributed by atoms with Gasteiger partial charge in [-0.05, 0) is 57.9 Å². The molecule has 1 atom stereocenters. The molecule has 1 fully saturated rings. The quantitative estimate of drug-likeness (QED) is 0.104. The average molecular weight is 526 g/mol. The maximum atomic E-state index is 12.5. The zero-order valence-corrected chi connectivity index (χ0v) is 24.8. The Morgan fingerprint density at radius 1 is 0.784 bits per heavy atom. The summed E-state index contributed by atoms with van der Waals surface area (Å²) in [5, 5.41) is 0.